The normalized spacial score (nSPS) is 11.2. The van der Waals surface area contributed by atoms with Crippen molar-refractivity contribution in [3.63, 3.8) is 0 Å². The lowest BCUT2D eigenvalue weighted by molar-refractivity contribution is 0.602. The van der Waals surface area contributed by atoms with Gasteiger partial charge in [0.2, 0.25) is 10.0 Å². The third-order valence-corrected chi connectivity index (χ3v) is 4.49. The Labute approximate surface area is 131 Å². The fourth-order valence-corrected chi connectivity index (χ4v) is 2.51. The van der Waals surface area contributed by atoms with Crippen LogP contribution in [-0.4, -0.2) is 30.9 Å². The minimum atomic E-state index is -3.33. The van der Waals surface area contributed by atoms with Crippen molar-refractivity contribution in [3.8, 4) is 0 Å². The van der Waals surface area contributed by atoms with Crippen LogP contribution < -0.4 is 9.62 Å². The molecule has 1 aromatic carbocycles. The van der Waals surface area contributed by atoms with Gasteiger partial charge in [0.15, 0.2) is 11.6 Å². The summed E-state index contributed by atoms with van der Waals surface area (Å²) in [5.41, 5.74) is 1.18. The highest BCUT2D eigenvalue weighted by atomic mass is 32.2. The van der Waals surface area contributed by atoms with E-state index in [0.29, 0.717) is 5.82 Å². The molecule has 1 heterocycles. The summed E-state index contributed by atoms with van der Waals surface area (Å²) in [5.74, 6) is 0.957. The molecule has 1 aromatic heterocycles. The van der Waals surface area contributed by atoms with Gasteiger partial charge >= 0.3 is 0 Å². The molecule has 0 radical (unpaired) electrons. The highest BCUT2D eigenvalue weighted by molar-refractivity contribution is 7.92. The first-order valence-corrected chi connectivity index (χ1v) is 8.82. The molecule has 118 valence electrons. The van der Waals surface area contributed by atoms with Gasteiger partial charge in [0, 0.05) is 13.1 Å². The number of rotatable bonds is 7. The molecule has 0 saturated carbocycles. The van der Waals surface area contributed by atoms with Gasteiger partial charge in [-0.05, 0) is 31.5 Å². The third kappa shape index (κ3) is 4.42. The Morgan fingerprint density at radius 2 is 1.77 bits per heavy atom. The van der Waals surface area contributed by atoms with Crippen molar-refractivity contribution in [2.24, 2.45) is 0 Å². The average molecular weight is 320 g/mol. The molecule has 0 fully saturated rings. The number of benzene rings is 1. The van der Waals surface area contributed by atoms with Crippen molar-refractivity contribution >= 4 is 21.7 Å². The number of hydrogen-bond acceptors (Lipinski definition) is 5. The van der Waals surface area contributed by atoms with Crippen LogP contribution in [0, 0.1) is 0 Å². The van der Waals surface area contributed by atoms with E-state index in [9.17, 15) is 8.42 Å². The van der Waals surface area contributed by atoms with Gasteiger partial charge < -0.3 is 4.90 Å². The summed E-state index contributed by atoms with van der Waals surface area (Å²) in [6.07, 6.45) is 0. The SMILES string of the molecule is CCN(Cc1ccccc1)c1ccc(NS(=O)(=O)CC)nn1. The van der Waals surface area contributed by atoms with E-state index in [4.69, 9.17) is 0 Å². The Morgan fingerprint density at radius 1 is 1.05 bits per heavy atom. The molecule has 6 nitrogen and oxygen atoms in total. The molecule has 0 aliphatic rings. The summed E-state index contributed by atoms with van der Waals surface area (Å²) in [5, 5.41) is 8.05. The Kier molecular flexibility index (Phi) is 5.32. The van der Waals surface area contributed by atoms with Gasteiger partial charge in [-0.25, -0.2) is 8.42 Å². The van der Waals surface area contributed by atoms with Crippen LogP contribution >= 0.6 is 0 Å². The van der Waals surface area contributed by atoms with Gasteiger partial charge in [-0.3, -0.25) is 4.72 Å². The Bertz CT molecular complexity index is 687. The van der Waals surface area contributed by atoms with Gasteiger partial charge in [-0.1, -0.05) is 30.3 Å². The van der Waals surface area contributed by atoms with Crippen molar-refractivity contribution in [3.05, 3.63) is 48.0 Å². The van der Waals surface area contributed by atoms with Crippen molar-refractivity contribution in [1.29, 1.82) is 0 Å². The second-order valence-electron chi connectivity index (χ2n) is 4.78. The molecule has 0 bridgehead atoms. The van der Waals surface area contributed by atoms with E-state index < -0.39 is 10.0 Å². The quantitative estimate of drug-likeness (QED) is 0.847. The lowest BCUT2D eigenvalue weighted by Crippen LogP contribution is -2.23. The summed E-state index contributed by atoms with van der Waals surface area (Å²) < 4.78 is 25.4. The number of nitrogens with zero attached hydrogens (tertiary/aromatic N) is 3. The molecule has 22 heavy (non-hydrogen) atoms. The van der Waals surface area contributed by atoms with E-state index in [2.05, 4.69) is 32.0 Å². The molecule has 2 aromatic rings. The summed E-state index contributed by atoms with van der Waals surface area (Å²) in [4.78, 5) is 2.07. The van der Waals surface area contributed by atoms with Crippen LogP contribution in [0.3, 0.4) is 0 Å². The Morgan fingerprint density at radius 3 is 2.32 bits per heavy atom. The highest BCUT2D eigenvalue weighted by Crippen LogP contribution is 2.15. The van der Waals surface area contributed by atoms with Gasteiger partial charge in [0.1, 0.15) is 0 Å². The number of anilines is 2. The van der Waals surface area contributed by atoms with Crippen molar-refractivity contribution in [1.82, 2.24) is 10.2 Å². The fourth-order valence-electron chi connectivity index (χ4n) is 1.94. The van der Waals surface area contributed by atoms with E-state index in [1.54, 1.807) is 19.1 Å². The standard InChI is InChI=1S/C15H20N4O2S/c1-3-19(12-13-8-6-5-7-9-13)15-11-10-14(16-17-15)18-22(20,21)4-2/h5-11H,3-4,12H2,1-2H3,(H,16,18). The van der Waals surface area contributed by atoms with Crippen LogP contribution in [0.15, 0.2) is 42.5 Å². The molecule has 0 amide bonds. The van der Waals surface area contributed by atoms with Crippen LogP contribution in [0.4, 0.5) is 11.6 Å². The van der Waals surface area contributed by atoms with Gasteiger partial charge in [-0.2, -0.15) is 0 Å². The lowest BCUT2D eigenvalue weighted by Gasteiger charge is -2.21. The second-order valence-corrected chi connectivity index (χ2v) is 6.79. The van der Waals surface area contributed by atoms with Crippen LogP contribution in [-0.2, 0) is 16.6 Å². The number of aromatic nitrogens is 2. The lowest BCUT2D eigenvalue weighted by atomic mass is 10.2. The van der Waals surface area contributed by atoms with Gasteiger partial charge in [0.05, 0.1) is 5.75 Å². The summed E-state index contributed by atoms with van der Waals surface area (Å²) in [6, 6.07) is 13.5. The van der Waals surface area contributed by atoms with Crippen molar-refractivity contribution < 1.29 is 8.42 Å². The van der Waals surface area contributed by atoms with Crippen LogP contribution in [0.25, 0.3) is 0 Å². The predicted molar refractivity (Wildman–Crippen MR) is 88.3 cm³/mol. The summed E-state index contributed by atoms with van der Waals surface area (Å²) in [7, 11) is -3.33. The zero-order valence-corrected chi connectivity index (χ0v) is 13.5. The second kappa shape index (κ2) is 7.22. The van der Waals surface area contributed by atoms with E-state index >= 15 is 0 Å². The fraction of sp³-hybridized carbons (Fsp3) is 0.333. The van der Waals surface area contributed by atoms with E-state index in [0.717, 1.165) is 13.1 Å². The number of hydrogen-bond donors (Lipinski definition) is 1. The first-order chi connectivity index (χ1) is 10.5. The molecule has 2 rings (SSSR count). The first kappa shape index (κ1) is 16.2. The van der Waals surface area contributed by atoms with Crippen LogP contribution in [0.1, 0.15) is 19.4 Å². The zero-order valence-electron chi connectivity index (χ0n) is 12.7. The summed E-state index contributed by atoms with van der Waals surface area (Å²) >= 11 is 0. The van der Waals surface area contributed by atoms with E-state index in [-0.39, 0.29) is 11.6 Å². The smallest absolute Gasteiger partial charge is 0.233 e. The van der Waals surface area contributed by atoms with Gasteiger partial charge in [-0.15, -0.1) is 10.2 Å². The highest BCUT2D eigenvalue weighted by Gasteiger charge is 2.10. The zero-order chi connectivity index (χ0) is 16.0. The van der Waals surface area contributed by atoms with Gasteiger partial charge in [0.25, 0.3) is 0 Å². The molecule has 0 saturated heterocycles. The summed E-state index contributed by atoms with van der Waals surface area (Å²) in [6.45, 7) is 5.12. The largest absolute Gasteiger partial charge is 0.351 e. The Hall–Kier alpha value is -2.15. The topological polar surface area (TPSA) is 75.2 Å². The molecular formula is C15H20N4O2S. The maximum Gasteiger partial charge on any atom is 0.233 e. The van der Waals surface area contributed by atoms with E-state index in [1.807, 2.05) is 25.1 Å². The molecular weight excluding hydrogens is 300 g/mol. The molecule has 0 atom stereocenters. The number of sulfonamides is 1. The third-order valence-electron chi connectivity index (χ3n) is 3.21. The van der Waals surface area contributed by atoms with Crippen LogP contribution in [0.2, 0.25) is 0 Å². The van der Waals surface area contributed by atoms with E-state index in [1.165, 1.54) is 5.56 Å². The molecule has 7 heteroatoms. The first-order valence-electron chi connectivity index (χ1n) is 7.17. The minimum absolute atomic E-state index is 0.00548. The molecule has 0 unspecified atom stereocenters. The monoisotopic (exact) mass is 320 g/mol. The average Bonchev–Trinajstić information content (AvgIpc) is 2.54. The molecule has 0 aliphatic carbocycles. The molecule has 1 N–H and O–H groups in total. The van der Waals surface area contributed by atoms with Crippen LogP contribution in [0.5, 0.6) is 0 Å². The Balaban J connectivity index is 2.10. The van der Waals surface area contributed by atoms with Crippen molar-refractivity contribution in [2.45, 2.75) is 20.4 Å². The predicted octanol–water partition coefficient (Wildman–Crippen LogP) is 2.26. The molecule has 0 spiro atoms. The maximum absolute atomic E-state index is 11.5. The van der Waals surface area contributed by atoms with Crippen molar-refractivity contribution in [2.75, 3.05) is 21.9 Å². The number of nitrogens with one attached hydrogen (secondary N) is 1. The minimum Gasteiger partial charge on any atom is -0.351 e. The molecule has 0 aliphatic heterocycles. The maximum atomic E-state index is 11.5.